The third-order valence-corrected chi connectivity index (χ3v) is 3.47. The number of methoxy groups -OCH3 is 2. The zero-order valence-corrected chi connectivity index (χ0v) is 14.9. The molecule has 0 amide bonds. The van der Waals surface area contributed by atoms with Gasteiger partial charge >= 0.3 is 0 Å². The van der Waals surface area contributed by atoms with Gasteiger partial charge in [-0.05, 0) is 36.2 Å². The van der Waals surface area contributed by atoms with Gasteiger partial charge in [0, 0.05) is 6.07 Å². The molecule has 0 atom stereocenters. The Balaban J connectivity index is 2.05. The molecule has 0 bridgehead atoms. The standard InChI is InChI=1S/C19H25N3O3/c1-4-10-25-16-7-5-6-14(11-16)13-21-19(20)22-17-12-15(23-2)8-9-18(17)24-3/h5-9,11-12H,4,10,13H2,1-3H3,(H3,20,21,22). The van der Waals surface area contributed by atoms with Crippen molar-refractivity contribution in [3.05, 3.63) is 48.0 Å². The number of guanidine groups is 1. The number of nitrogens with two attached hydrogens (primary N) is 1. The van der Waals surface area contributed by atoms with Crippen molar-refractivity contribution in [1.29, 1.82) is 0 Å². The van der Waals surface area contributed by atoms with Crippen LogP contribution in [-0.2, 0) is 6.54 Å². The molecule has 0 saturated heterocycles. The summed E-state index contributed by atoms with van der Waals surface area (Å²) in [7, 11) is 3.21. The van der Waals surface area contributed by atoms with Crippen LogP contribution < -0.4 is 25.3 Å². The molecule has 2 aromatic rings. The number of rotatable bonds is 8. The molecule has 0 fully saturated rings. The summed E-state index contributed by atoms with van der Waals surface area (Å²) in [5.41, 5.74) is 7.72. The van der Waals surface area contributed by atoms with Crippen molar-refractivity contribution in [3.8, 4) is 17.2 Å². The average Bonchev–Trinajstić information content (AvgIpc) is 2.65. The molecule has 2 rings (SSSR count). The molecule has 0 unspecified atom stereocenters. The van der Waals surface area contributed by atoms with Gasteiger partial charge in [0.25, 0.3) is 0 Å². The zero-order chi connectivity index (χ0) is 18.1. The number of nitrogens with one attached hydrogen (secondary N) is 1. The Hall–Kier alpha value is -2.89. The van der Waals surface area contributed by atoms with E-state index in [1.165, 1.54) is 0 Å². The third-order valence-electron chi connectivity index (χ3n) is 3.47. The molecule has 0 spiro atoms. The highest BCUT2D eigenvalue weighted by Crippen LogP contribution is 2.28. The topological polar surface area (TPSA) is 78.1 Å². The van der Waals surface area contributed by atoms with Gasteiger partial charge < -0.3 is 25.3 Å². The maximum Gasteiger partial charge on any atom is 0.193 e. The normalized spacial score (nSPS) is 11.1. The van der Waals surface area contributed by atoms with Crippen molar-refractivity contribution in [1.82, 2.24) is 0 Å². The van der Waals surface area contributed by atoms with Crippen LogP contribution in [0.15, 0.2) is 47.5 Å². The molecule has 3 N–H and O–H groups in total. The first-order valence-corrected chi connectivity index (χ1v) is 8.17. The Morgan fingerprint density at radius 2 is 1.92 bits per heavy atom. The number of benzene rings is 2. The monoisotopic (exact) mass is 343 g/mol. The molecule has 134 valence electrons. The second-order valence-corrected chi connectivity index (χ2v) is 5.39. The summed E-state index contributed by atoms with van der Waals surface area (Å²) < 4.78 is 16.2. The molecule has 6 nitrogen and oxygen atoms in total. The van der Waals surface area contributed by atoms with Crippen LogP contribution in [0.2, 0.25) is 0 Å². The number of hydrogen-bond acceptors (Lipinski definition) is 4. The van der Waals surface area contributed by atoms with E-state index in [-0.39, 0.29) is 0 Å². The van der Waals surface area contributed by atoms with Crippen LogP contribution in [0.5, 0.6) is 17.2 Å². The van der Waals surface area contributed by atoms with E-state index in [2.05, 4.69) is 17.2 Å². The quantitative estimate of drug-likeness (QED) is 0.567. The lowest BCUT2D eigenvalue weighted by molar-refractivity contribution is 0.317. The fraction of sp³-hybridized carbons (Fsp3) is 0.316. The minimum absolute atomic E-state index is 0.298. The fourth-order valence-corrected chi connectivity index (χ4v) is 2.22. The van der Waals surface area contributed by atoms with Gasteiger partial charge in [-0.25, -0.2) is 4.99 Å². The zero-order valence-electron chi connectivity index (χ0n) is 14.9. The van der Waals surface area contributed by atoms with Crippen molar-refractivity contribution >= 4 is 11.6 Å². The molecule has 0 heterocycles. The van der Waals surface area contributed by atoms with Gasteiger partial charge in [0.15, 0.2) is 5.96 Å². The molecule has 0 aromatic heterocycles. The Kier molecular flexibility index (Phi) is 6.95. The van der Waals surface area contributed by atoms with Gasteiger partial charge in [0.05, 0.1) is 33.1 Å². The summed E-state index contributed by atoms with van der Waals surface area (Å²) in [4.78, 5) is 4.37. The summed E-state index contributed by atoms with van der Waals surface area (Å²) in [6.45, 7) is 3.23. The van der Waals surface area contributed by atoms with Gasteiger partial charge in [-0.15, -0.1) is 0 Å². The number of nitrogens with zero attached hydrogens (tertiary/aromatic N) is 1. The predicted molar refractivity (Wildman–Crippen MR) is 101 cm³/mol. The van der Waals surface area contributed by atoms with Crippen molar-refractivity contribution in [2.75, 3.05) is 26.1 Å². The van der Waals surface area contributed by atoms with Gasteiger partial charge in [-0.3, -0.25) is 0 Å². The summed E-state index contributed by atoms with van der Waals surface area (Å²) in [5.74, 6) is 2.51. The molecule has 0 aliphatic heterocycles. The lowest BCUT2D eigenvalue weighted by Gasteiger charge is -2.12. The molecule has 0 radical (unpaired) electrons. The minimum Gasteiger partial charge on any atom is -0.497 e. The van der Waals surface area contributed by atoms with Crippen molar-refractivity contribution in [2.45, 2.75) is 19.9 Å². The Morgan fingerprint density at radius 1 is 1.08 bits per heavy atom. The van der Waals surface area contributed by atoms with Gasteiger partial charge in [0.1, 0.15) is 17.2 Å². The van der Waals surface area contributed by atoms with E-state index in [4.69, 9.17) is 19.9 Å². The molecule has 0 aliphatic carbocycles. The van der Waals surface area contributed by atoms with Gasteiger partial charge in [-0.2, -0.15) is 0 Å². The second kappa shape index (κ2) is 9.42. The Labute approximate surface area is 148 Å². The van der Waals surface area contributed by atoms with E-state index in [1.807, 2.05) is 36.4 Å². The molecular formula is C19H25N3O3. The van der Waals surface area contributed by atoms with Crippen LogP contribution in [0.4, 0.5) is 5.69 Å². The van der Waals surface area contributed by atoms with Crippen LogP contribution in [0.25, 0.3) is 0 Å². The molecule has 25 heavy (non-hydrogen) atoms. The van der Waals surface area contributed by atoms with E-state index in [0.717, 1.165) is 17.7 Å². The van der Waals surface area contributed by atoms with Crippen LogP contribution in [0, 0.1) is 0 Å². The fourth-order valence-electron chi connectivity index (χ4n) is 2.22. The van der Waals surface area contributed by atoms with Crippen LogP contribution in [0.1, 0.15) is 18.9 Å². The highest BCUT2D eigenvalue weighted by molar-refractivity contribution is 5.94. The van der Waals surface area contributed by atoms with Crippen LogP contribution >= 0.6 is 0 Å². The first-order valence-electron chi connectivity index (χ1n) is 8.17. The van der Waals surface area contributed by atoms with Crippen LogP contribution in [0.3, 0.4) is 0 Å². The van der Waals surface area contributed by atoms with E-state index in [1.54, 1.807) is 20.3 Å². The van der Waals surface area contributed by atoms with Crippen molar-refractivity contribution < 1.29 is 14.2 Å². The second-order valence-electron chi connectivity index (χ2n) is 5.39. The smallest absolute Gasteiger partial charge is 0.193 e. The highest BCUT2D eigenvalue weighted by atomic mass is 16.5. The first-order chi connectivity index (χ1) is 12.2. The third kappa shape index (κ3) is 5.60. The average molecular weight is 343 g/mol. The number of ether oxygens (including phenoxy) is 3. The van der Waals surface area contributed by atoms with Crippen molar-refractivity contribution in [2.24, 2.45) is 10.7 Å². The van der Waals surface area contributed by atoms with E-state index in [9.17, 15) is 0 Å². The Morgan fingerprint density at radius 3 is 2.64 bits per heavy atom. The Bertz CT molecular complexity index is 717. The van der Waals surface area contributed by atoms with Crippen LogP contribution in [-0.4, -0.2) is 26.8 Å². The van der Waals surface area contributed by atoms with E-state index < -0.39 is 0 Å². The van der Waals surface area contributed by atoms with E-state index in [0.29, 0.717) is 36.3 Å². The van der Waals surface area contributed by atoms with E-state index >= 15 is 0 Å². The largest absolute Gasteiger partial charge is 0.497 e. The lowest BCUT2D eigenvalue weighted by atomic mass is 10.2. The van der Waals surface area contributed by atoms with Gasteiger partial charge in [0.2, 0.25) is 0 Å². The minimum atomic E-state index is 0.298. The maximum absolute atomic E-state index is 6.00. The molecular weight excluding hydrogens is 318 g/mol. The number of hydrogen-bond donors (Lipinski definition) is 2. The first kappa shape index (κ1) is 18.4. The predicted octanol–water partition coefficient (Wildman–Crippen LogP) is 3.42. The summed E-state index contributed by atoms with van der Waals surface area (Å²) >= 11 is 0. The molecule has 0 saturated carbocycles. The molecule has 0 aliphatic rings. The molecule has 6 heteroatoms. The van der Waals surface area contributed by atoms with Gasteiger partial charge in [-0.1, -0.05) is 19.1 Å². The summed E-state index contributed by atoms with van der Waals surface area (Å²) in [5, 5.41) is 3.05. The SMILES string of the molecule is CCCOc1cccc(CN=C(N)Nc2cc(OC)ccc2OC)c1. The maximum atomic E-state index is 6.00. The summed E-state index contributed by atoms with van der Waals surface area (Å²) in [6, 6.07) is 13.3. The number of aliphatic imine (C=N–C) groups is 1. The summed E-state index contributed by atoms with van der Waals surface area (Å²) in [6.07, 6.45) is 0.974. The van der Waals surface area contributed by atoms with Crippen molar-refractivity contribution in [3.63, 3.8) is 0 Å². The molecule has 2 aromatic carbocycles. The lowest BCUT2D eigenvalue weighted by Crippen LogP contribution is -2.23. The highest BCUT2D eigenvalue weighted by Gasteiger charge is 2.06. The number of anilines is 1.